The van der Waals surface area contributed by atoms with Gasteiger partial charge in [-0.1, -0.05) is 65.5 Å². The lowest BCUT2D eigenvalue weighted by atomic mass is 9.90. The van der Waals surface area contributed by atoms with Crippen LogP contribution >= 0.6 is 0 Å². The summed E-state index contributed by atoms with van der Waals surface area (Å²) in [7, 11) is 0. The van der Waals surface area contributed by atoms with Gasteiger partial charge in [-0.05, 0) is 45.5 Å². The van der Waals surface area contributed by atoms with Gasteiger partial charge in [-0.25, -0.2) is 4.79 Å². The van der Waals surface area contributed by atoms with Crippen LogP contribution in [-0.2, 0) is 6.42 Å². The van der Waals surface area contributed by atoms with Crippen LogP contribution in [0.4, 0.5) is 4.79 Å². The Hall–Kier alpha value is -3.67. The van der Waals surface area contributed by atoms with E-state index in [0.29, 0.717) is 11.0 Å². The first kappa shape index (κ1) is 15.6. The van der Waals surface area contributed by atoms with Gasteiger partial charge in [0.15, 0.2) is 0 Å². The number of carbonyl (C=O) groups is 1. The lowest BCUT2D eigenvalue weighted by Crippen LogP contribution is -2.18. The predicted octanol–water partition coefficient (Wildman–Crippen LogP) is 3.89. The van der Waals surface area contributed by atoms with Gasteiger partial charge in [0.05, 0.1) is 0 Å². The van der Waals surface area contributed by atoms with E-state index in [1.165, 1.54) is 22.3 Å². The highest BCUT2D eigenvalue weighted by molar-refractivity contribution is 5.81. The van der Waals surface area contributed by atoms with E-state index in [-0.39, 0.29) is 5.92 Å². The molecule has 0 fully saturated rings. The van der Waals surface area contributed by atoms with Crippen LogP contribution in [-0.4, -0.2) is 26.4 Å². The first-order chi connectivity index (χ1) is 13.2. The Morgan fingerprint density at radius 3 is 2.30 bits per heavy atom. The number of nitrogens with zero attached hydrogens (tertiary/aromatic N) is 3. The normalized spacial score (nSPS) is 12.7. The molecule has 1 aromatic heterocycles. The van der Waals surface area contributed by atoms with E-state index in [1.807, 2.05) is 12.1 Å². The molecule has 0 radical (unpaired) electrons. The monoisotopic (exact) mass is 357 g/mol. The maximum Gasteiger partial charge on any atom is 0.532 e. The highest BCUT2D eigenvalue weighted by atomic mass is 16.8. The minimum absolute atomic E-state index is 0.216. The fourth-order valence-corrected chi connectivity index (χ4v) is 3.99. The minimum atomic E-state index is -1.43. The second-order valence-corrected chi connectivity index (χ2v) is 6.54. The molecule has 0 saturated carbocycles. The molecule has 132 valence electrons. The van der Waals surface area contributed by atoms with Gasteiger partial charge in [0.25, 0.3) is 0 Å². The first-order valence-corrected chi connectivity index (χ1v) is 8.65. The van der Waals surface area contributed by atoms with Gasteiger partial charge in [0.2, 0.25) is 0 Å². The number of fused-ring (bicyclic) bond motifs is 4. The van der Waals surface area contributed by atoms with Crippen LogP contribution < -0.4 is 4.84 Å². The van der Waals surface area contributed by atoms with Crippen molar-refractivity contribution in [2.45, 2.75) is 12.3 Å². The summed E-state index contributed by atoms with van der Waals surface area (Å²) in [6, 6.07) is 22.5. The van der Waals surface area contributed by atoms with E-state index in [0.717, 1.165) is 16.8 Å². The van der Waals surface area contributed by atoms with Crippen LogP contribution in [0, 0.1) is 0 Å². The zero-order chi connectivity index (χ0) is 18.4. The van der Waals surface area contributed by atoms with Gasteiger partial charge in [-0.2, -0.15) is 0 Å². The van der Waals surface area contributed by atoms with Gasteiger partial charge >= 0.3 is 6.16 Å². The van der Waals surface area contributed by atoms with Crippen molar-refractivity contribution in [1.29, 1.82) is 0 Å². The molecule has 27 heavy (non-hydrogen) atoms. The molecule has 1 N–H and O–H groups in total. The average molecular weight is 357 g/mol. The van der Waals surface area contributed by atoms with Crippen LogP contribution in [0.1, 0.15) is 22.6 Å². The third-order valence-electron chi connectivity index (χ3n) is 5.08. The molecule has 0 amide bonds. The summed E-state index contributed by atoms with van der Waals surface area (Å²) in [5.74, 6) is 0.216. The number of benzene rings is 3. The van der Waals surface area contributed by atoms with Gasteiger partial charge in [0.1, 0.15) is 11.0 Å². The summed E-state index contributed by atoms with van der Waals surface area (Å²) >= 11 is 0. The number of hydrogen-bond donors (Lipinski definition) is 1. The Balaban J connectivity index is 1.60. The molecule has 5 rings (SSSR count). The number of carboxylic acid groups (broad SMARTS) is 1. The molecule has 1 aliphatic rings. The second-order valence-electron chi connectivity index (χ2n) is 6.54. The average Bonchev–Trinajstić information content (AvgIpc) is 3.23. The van der Waals surface area contributed by atoms with E-state index in [1.54, 1.807) is 6.07 Å². The largest absolute Gasteiger partial charge is 0.532 e. The van der Waals surface area contributed by atoms with Crippen LogP contribution in [0.25, 0.3) is 22.2 Å². The minimum Gasteiger partial charge on any atom is -0.448 e. The Morgan fingerprint density at radius 2 is 1.63 bits per heavy atom. The van der Waals surface area contributed by atoms with Crippen molar-refractivity contribution in [2.24, 2.45) is 0 Å². The van der Waals surface area contributed by atoms with E-state index in [2.05, 4.69) is 63.7 Å². The van der Waals surface area contributed by atoms with E-state index in [9.17, 15) is 4.79 Å². The molecule has 0 saturated heterocycles. The van der Waals surface area contributed by atoms with Crippen LogP contribution in [0.5, 0.6) is 0 Å². The second kappa shape index (κ2) is 5.95. The van der Waals surface area contributed by atoms with Crippen molar-refractivity contribution < 1.29 is 14.7 Å². The molecule has 6 heteroatoms. The SMILES string of the molecule is O=C(O)On1nnc2c(CC3c4ccccc4-c4ccccc43)cccc21. The molecular formula is C21H15N3O3. The molecule has 6 nitrogen and oxygen atoms in total. The quantitative estimate of drug-likeness (QED) is 0.563. The van der Waals surface area contributed by atoms with Gasteiger partial charge in [-0.15, -0.1) is 5.10 Å². The van der Waals surface area contributed by atoms with Crippen molar-refractivity contribution >= 4 is 17.2 Å². The van der Waals surface area contributed by atoms with Crippen molar-refractivity contribution in [2.75, 3.05) is 0 Å². The Kier molecular flexibility index (Phi) is 3.43. The molecule has 0 atom stereocenters. The standard InChI is InChI=1S/C21H15N3O3/c25-21(26)27-24-19-11-5-6-13(20(19)22-23-24)12-18-16-9-3-1-7-14(16)15-8-2-4-10-17(15)18/h1-11,18H,12H2,(H,25,26). The Morgan fingerprint density at radius 1 is 0.963 bits per heavy atom. The summed E-state index contributed by atoms with van der Waals surface area (Å²) < 4.78 is 0. The summed E-state index contributed by atoms with van der Waals surface area (Å²) in [6.45, 7) is 0. The van der Waals surface area contributed by atoms with Gasteiger partial charge in [-0.3, -0.25) is 4.84 Å². The van der Waals surface area contributed by atoms with Crippen molar-refractivity contribution in [1.82, 2.24) is 15.2 Å². The number of hydrogen-bond acceptors (Lipinski definition) is 4. The number of rotatable bonds is 3. The maximum atomic E-state index is 10.8. The first-order valence-electron chi connectivity index (χ1n) is 8.65. The summed E-state index contributed by atoms with van der Waals surface area (Å²) in [6.07, 6.45) is -0.678. The van der Waals surface area contributed by atoms with Crippen molar-refractivity contribution in [3.63, 3.8) is 0 Å². The fourth-order valence-electron chi connectivity index (χ4n) is 3.99. The smallest absolute Gasteiger partial charge is 0.448 e. The van der Waals surface area contributed by atoms with E-state index >= 15 is 0 Å². The molecule has 1 aliphatic carbocycles. The van der Waals surface area contributed by atoms with Crippen LogP contribution in [0.15, 0.2) is 66.7 Å². The Labute approximate surface area is 154 Å². The zero-order valence-corrected chi connectivity index (χ0v) is 14.2. The molecule has 0 bridgehead atoms. The topological polar surface area (TPSA) is 77.2 Å². The summed E-state index contributed by atoms with van der Waals surface area (Å²) in [5.41, 5.74) is 7.32. The lowest BCUT2D eigenvalue weighted by molar-refractivity contribution is 0.0708. The highest BCUT2D eigenvalue weighted by Crippen LogP contribution is 2.46. The van der Waals surface area contributed by atoms with Crippen LogP contribution in [0.3, 0.4) is 0 Å². The van der Waals surface area contributed by atoms with Gasteiger partial charge < -0.3 is 5.11 Å². The predicted molar refractivity (Wildman–Crippen MR) is 99.6 cm³/mol. The Bertz CT molecular complexity index is 1140. The molecule has 0 unspecified atom stereocenters. The molecule has 0 spiro atoms. The summed E-state index contributed by atoms with van der Waals surface area (Å²) in [5, 5.41) is 16.8. The molecule has 4 aromatic rings. The van der Waals surface area contributed by atoms with Crippen molar-refractivity contribution in [3.8, 4) is 11.1 Å². The van der Waals surface area contributed by atoms with Crippen LogP contribution in [0.2, 0.25) is 0 Å². The molecule has 1 heterocycles. The third-order valence-corrected chi connectivity index (χ3v) is 5.08. The lowest BCUT2D eigenvalue weighted by Gasteiger charge is -2.14. The third kappa shape index (κ3) is 2.45. The zero-order valence-electron chi connectivity index (χ0n) is 14.2. The highest BCUT2D eigenvalue weighted by Gasteiger charge is 2.28. The molecule has 3 aromatic carbocycles. The van der Waals surface area contributed by atoms with E-state index in [4.69, 9.17) is 5.11 Å². The van der Waals surface area contributed by atoms with Gasteiger partial charge in [0, 0.05) is 5.92 Å². The molecular weight excluding hydrogens is 342 g/mol. The summed E-state index contributed by atoms with van der Waals surface area (Å²) in [4.78, 5) is 16.4. The van der Waals surface area contributed by atoms with E-state index < -0.39 is 6.16 Å². The number of aromatic nitrogens is 3. The molecule has 0 aliphatic heterocycles. The maximum absolute atomic E-state index is 10.8. The fraction of sp³-hybridized carbons (Fsp3) is 0.0952. The van der Waals surface area contributed by atoms with Crippen molar-refractivity contribution in [3.05, 3.63) is 83.4 Å².